The lowest BCUT2D eigenvalue weighted by Crippen LogP contribution is -2.45. The number of likely N-dealkylation sites (tertiary alicyclic amines) is 1. The smallest absolute Gasteiger partial charge is 0.253 e. The van der Waals surface area contributed by atoms with Crippen LogP contribution < -0.4 is 11.1 Å². The fourth-order valence-electron chi connectivity index (χ4n) is 3.27. The van der Waals surface area contributed by atoms with Crippen molar-refractivity contribution in [3.8, 4) is 0 Å². The van der Waals surface area contributed by atoms with Crippen molar-refractivity contribution in [1.82, 2.24) is 10.2 Å². The van der Waals surface area contributed by atoms with Crippen LogP contribution in [0.5, 0.6) is 0 Å². The second-order valence-corrected chi connectivity index (χ2v) is 7.31. The molecule has 0 spiro atoms. The molecule has 2 aromatic carbocycles. The highest BCUT2D eigenvalue weighted by molar-refractivity contribution is 6.30. The van der Waals surface area contributed by atoms with Crippen LogP contribution in [0.25, 0.3) is 0 Å². The fraction of sp³-hybridized carbons (Fsp3) is 0.286. The summed E-state index contributed by atoms with van der Waals surface area (Å²) in [5.41, 5.74) is 7.10. The third-order valence-electron chi connectivity index (χ3n) is 4.88. The molecule has 3 N–H and O–H groups in total. The lowest BCUT2D eigenvalue weighted by molar-refractivity contribution is -0.126. The first-order valence-corrected chi connectivity index (χ1v) is 9.53. The largest absolute Gasteiger partial charge is 0.366 e. The molecule has 3 rings (SSSR count). The third-order valence-corrected chi connectivity index (χ3v) is 5.13. The number of carbonyl (C=O) groups excluding carboxylic acids is 3. The first kappa shape index (κ1) is 19.9. The van der Waals surface area contributed by atoms with E-state index in [1.165, 1.54) is 0 Å². The summed E-state index contributed by atoms with van der Waals surface area (Å²) in [7, 11) is 0. The van der Waals surface area contributed by atoms with Gasteiger partial charge in [0.2, 0.25) is 11.8 Å². The summed E-state index contributed by atoms with van der Waals surface area (Å²) in [6, 6.07) is 13.6. The average molecular weight is 400 g/mol. The monoisotopic (exact) mass is 399 g/mol. The van der Waals surface area contributed by atoms with E-state index in [4.69, 9.17) is 17.3 Å². The standard InChI is InChI=1S/C21H22ClN3O3/c22-18-9-7-16(8-10-18)21(28)25-11-1-2-17(13-25)20(27)24-12-14-3-5-15(6-4-14)19(23)26/h3-10,17H,1-2,11-13H2,(H2,23,26)(H,24,27). The number of hydrogen-bond donors (Lipinski definition) is 2. The molecule has 7 heteroatoms. The second-order valence-electron chi connectivity index (χ2n) is 6.88. The lowest BCUT2D eigenvalue weighted by atomic mass is 9.96. The minimum Gasteiger partial charge on any atom is -0.366 e. The summed E-state index contributed by atoms with van der Waals surface area (Å²) in [5, 5.41) is 3.49. The topological polar surface area (TPSA) is 92.5 Å². The van der Waals surface area contributed by atoms with E-state index in [1.54, 1.807) is 53.4 Å². The zero-order chi connectivity index (χ0) is 20.1. The minimum absolute atomic E-state index is 0.0763. The molecule has 0 radical (unpaired) electrons. The molecule has 1 fully saturated rings. The summed E-state index contributed by atoms with van der Waals surface area (Å²) < 4.78 is 0. The Morgan fingerprint density at radius 2 is 1.68 bits per heavy atom. The maximum absolute atomic E-state index is 12.7. The third kappa shape index (κ3) is 4.89. The number of hydrogen-bond acceptors (Lipinski definition) is 3. The molecule has 0 bridgehead atoms. The van der Waals surface area contributed by atoms with Gasteiger partial charge in [-0.25, -0.2) is 0 Å². The molecule has 1 unspecified atom stereocenters. The molecule has 0 saturated carbocycles. The number of nitrogens with zero attached hydrogens (tertiary/aromatic N) is 1. The highest BCUT2D eigenvalue weighted by Gasteiger charge is 2.28. The summed E-state index contributed by atoms with van der Waals surface area (Å²) >= 11 is 5.88. The zero-order valence-corrected chi connectivity index (χ0v) is 16.1. The van der Waals surface area contributed by atoms with Crippen LogP contribution in [0.3, 0.4) is 0 Å². The Morgan fingerprint density at radius 1 is 1.04 bits per heavy atom. The molecule has 146 valence electrons. The lowest BCUT2D eigenvalue weighted by Gasteiger charge is -2.32. The molecule has 1 aliphatic rings. The molecule has 1 saturated heterocycles. The predicted octanol–water partition coefficient (Wildman–Crippen LogP) is 2.61. The van der Waals surface area contributed by atoms with Crippen molar-refractivity contribution in [2.45, 2.75) is 19.4 Å². The van der Waals surface area contributed by atoms with E-state index in [1.807, 2.05) is 0 Å². The normalized spacial score (nSPS) is 16.5. The number of piperidine rings is 1. The predicted molar refractivity (Wildman–Crippen MR) is 107 cm³/mol. The van der Waals surface area contributed by atoms with Gasteiger partial charge in [-0.1, -0.05) is 23.7 Å². The molecule has 6 nitrogen and oxygen atoms in total. The average Bonchev–Trinajstić information content (AvgIpc) is 2.72. The number of halogens is 1. The molecule has 1 heterocycles. The van der Waals surface area contributed by atoms with Gasteiger partial charge in [0.25, 0.3) is 5.91 Å². The van der Waals surface area contributed by atoms with Crippen LogP contribution in [0.2, 0.25) is 5.02 Å². The number of nitrogens with two attached hydrogens (primary N) is 1. The van der Waals surface area contributed by atoms with Crippen molar-refractivity contribution >= 4 is 29.3 Å². The Balaban J connectivity index is 1.55. The van der Waals surface area contributed by atoms with Gasteiger partial charge in [0, 0.05) is 35.8 Å². The molecule has 28 heavy (non-hydrogen) atoms. The SMILES string of the molecule is NC(=O)c1ccc(CNC(=O)C2CCCN(C(=O)c3ccc(Cl)cc3)C2)cc1. The van der Waals surface area contributed by atoms with Gasteiger partial charge in [0.15, 0.2) is 0 Å². The van der Waals surface area contributed by atoms with Crippen LogP contribution in [0, 0.1) is 5.92 Å². The first-order valence-electron chi connectivity index (χ1n) is 9.15. The Bertz CT molecular complexity index is 865. The summed E-state index contributed by atoms with van der Waals surface area (Å²) in [5.74, 6) is -0.887. The summed E-state index contributed by atoms with van der Waals surface area (Å²) in [6.45, 7) is 1.40. The maximum atomic E-state index is 12.7. The van der Waals surface area contributed by atoms with Crippen molar-refractivity contribution in [3.05, 3.63) is 70.2 Å². The number of primary amides is 1. The quantitative estimate of drug-likeness (QED) is 0.809. The van der Waals surface area contributed by atoms with Crippen LogP contribution in [-0.4, -0.2) is 35.7 Å². The van der Waals surface area contributed by atoms with Gasteiger partial charge in [-0.05, 0) is 54.8 Å². The van der Waals surface area contributed by atoms with Gasteiger partial charge in [0.1, 0.15) is 0 Å². The number of rotatable bonds is 5. The highest BCUT2D eigenvalue weighted by Crippen LogP contribution is 2.20. The number of nitrogens with one attached hydrogen (secondary N) is 1. The van der Waals surface area contributed by atoms with Crippen LogP contribution >= 0.6 is 11.6 Å². The van der Waals surface area contributed by atoms with Gasteiger partial charge in [-0.15, -0.1) is 0 Å². The van der Waals surface area contributed by atoms with Crippen molar-refractivity contribution in [2.75, 3.05) is 13.1 Å². The van der Waals surface area contributed by atoms with Gasteiger partial charge >= 0.3 is 0 Å². The molecular formula is C21H22ClN3O3. The summed E-state index contributed by atoms with van der Waals surface area (Å²) in [6.07, 6.45) is 1.53. The Hall–Kier alpha value is -2.86. The highest BCUT2D eigenvalue weighted by atomic mass is 35.5. The van der Waals surface area contributed by atoms with Crippen molar-refractivity contribution in [2.24, 2.45) is 11.7 Å². The summed E-state index contributed by atoms with van der Waals surface area (Å²) in [4.78, 5) is 38.0. The van der Waals surface area contributed by atoms with Gasteiger partial charge < -0.3 is 16.0 Å². The molecule has 1 aliphatic heterocycles. The molecule has 1 atom stereocenters. The van der Waals surface area contributed by atoms with Crippen molar-refractivity contribution < 1.29 is 14.4 Å². The van der Waals surface area contributed by atoms with Crippen LogP contribution in [0.4, 0.5) is 0 Å². The second kappa shape index (κ2) is 8.89. The molecule has 3 amide bonds. The maximum Gasteiger partial charge on any atom is 0.253 e. The van der Waals surface area contributed by atoms with Gasteiger partial charge in [0.05, 0.1) is 5.92 Å². The number of amides is 3. The minimum atomic E-state index is -0.483. The zero-order valence-electron chi connectivity index (χ0n) is 15.4. The van der Waals surface area contributed by atoms with Crippen LogP contribution in [-0.2, 0) is 11.3 Å². The molecule has 2 aromatic rings. The molecular weight excluding hydrogens is 378 g/mol. The van der Waals surface area contributed by atoms with Crippen LogP contribution in [0.15, 0.2) is 48.5 Å². The van der Waals surface area contributed by atoms with E-state index < -0.39 is 5.91 Å². The Kier molecular flexibility index (Phi) is 6.31. The van der Waals surface area contributed by atoms with E-state index >= 15 is 0 Å². The van der Waals surface area contributed by atoms with Gasteiger partial charge in [-0.2, -0.15) is 0 Å². The Morgan fingerprint density at radius 3 is 2.32 bits per heavy atom. The fourth-order valence-corrected chi connectivity index (χ4v) is 3.40. The molecule has 0 aromatic heterocycles. The number of benzene rings is 2. The van der Waals surface area contributed by atoms with E-state index in [9.17, 15) is 14.4 Å². The molecule has 0 aliphatic carbocycles. The number of carbonyl (C=O) groups is 3. The van der Waals surface area contributed by atoms with E-state index in [0.717, 1.165) is 18.4 Å². The van der Waals surface area contributed by atoms with Crippen molar-refractivity contribution in [1.29, 1.82) is 0 Å². The first-order chi connectivity index (χ1) is 13.4. The van der Waals surface area contributed by atoms with E-state index in [0.29, 0.717) is 35.8 Å². The van der Waals surface area contributed by atoms with E-state index in [2.05, 4.69) is 5.32 Å². The van der Waals surface area contributed by atoms with E-state index in [-0.39, 0.29) is 17.7 Å². The van der Waals surface area contributed by atoms with Gasteiger partial charge in [-0.3, -0.25) is 14.4 Å². The van der Waals surface area contributed by atoms with Crippen molar-refractivity contribution in [3.63, 3.8) is 0 Å². The Labute approximate surface area is 168 Å². The van der Waals surface area contributed by atoms with Crippen LogP contribution in [0.1, 0.15) is 39.1 Å².